The van der Waals surface area contributed by atoms with Crippen LogP contribution in [0.25, 0.3) is 0 Å². The summed E-state index contributed by atoms with van der Waals surface area (Å²) in [7, 11) is 0. The van der Waals surface area contributed by atoms with E-state index in [1.54, 1.807) is 0 Å². The van der Waals surface area contributed by atoms with E-state index in [2.05, 4.69) is 5.29 Å². The van der Waals surface area contributed by atoms with Gasteiger partial charge in [0, 0.05) is 12.4 Å². The number of nitroso groups, excluding NO2 is 1. The fourth-order valence-electron chi connectivity index (χ4n) is 2.60. The number of carbonyl (C=O) groups excluding carboxylic acids is 1. The van der Waals surface area contributed by atoms with Gasteiger partial charge in [0.2, 0.25) is 0 Å². The molecule has 1 saturated heterocycles. The largest absolute Gasteiger partial charge is 0.394 e. The van der Waals surface area contributed by atoms with Crippen molar-refractivity contribution in [1.82, 2.24) is 9.91 Å². The normalized spacial score (nSPS) is 29.3. The molecule has 0 aliphatic carbocycles. The van der Waals surface area contributed by atoms with Gasteiger partial charge in [-0.05, 0) is 6.42 Å². The van der Waals surface area contributed by atoms with Crippen molar-refractivity contribution < 1.29 is 30.0 Å². The van der Waals surface area contributed by atoms with E-state index in [1.165, 1.54) is 0 Å². The van der Waals surface area contributed by atoms with E-state index in [1.807, 2.05) is 6.92 Å². The average molecular weight is 384 g/mol. The Morgan fingerprint density at radius 1 is 1.16 bits per heavy atom. The van der Waals surface area contributed by atoms with Gasteiger partial charge in [0.15, 0.2) is 6.23 Å². The minimum atomic E-state index is -1.62. The van der Waals surface area contributed by atoms with Gasteiger partial charge >= 0.3 is 6.03 Å². The van der Waals surface area contributed by atoms with Crippen molar-refractivity contribution in [2.45, 2.75) is 56.8 Å². The van der Waals surface area contributed by atoms with Gasteiger partial charge in [-0.3, -0.25) is 4.90 Å². The molecule has 1 aliphatic heterocycles. The molecule has 1 fully saturated rings. The Bertz CT molecular complexity index is 429. The molecule has 4 N–H and O–H groups in total. The summed E-state index contributed by atoms with van der Waals surface area (Å²) in [6.45, 7) is 1.35. The maximum Gasteiger partial charge on any atom is 0.345 e. The van der Waals surface area contributed by atoms with Crippen LogP contribution in [0, 0.1) is 4.91 Å². The predicted molar refractivity (Wildman–Crippen MR) is 88.6 cm³/mol. The van der Waals surface area contributed by atoms with Gasteiger partial charge in [-0.2, -0.15) is 5.01 Å². The zero-order valence-electron chi connectivity index (χ0n) is 14.1. The third kappa shape index (κ3) is 5.47. The fraction of sp³-hybridized carbons (Fsp3) is 0.929. The molecule has 0 saturated carbocycles. The molecule has 1 heterocycles. The monoisotopic (exact) mass is 383 g/mol. The lowest BCUT2D eigenvalue weighted by atomic mass is 9.97. The highest BCUT2D eigenvalue weighted by Crippen LogP contribution is 2.25. The van der Waals surface area contributed by atoms with Crippen LogP contribution in [0.1, 0.15) is 26.2 Å². The van der Waals surface area contributed by atoms with Crippen molar-refractivity contribution in [2.75, 3.05) is 25.6 Å². The maximum absolute atomic E-state index is 12.6. The predicted octanol–water partition coefficient (Wildman–Crippen LogP) is -0.379. The molecule has 11 heteroatoms. The highest BCUT2D eigenvalue weighted by Gasteiger charge is 2.47. The number of urea groups is 1. The summed E-state index contributed by atoms with van der Waals surface area (Å²) in [4.78, 5) is 24.6. The quantitative estimate of drug-likeness (QED) is 0.184. The Kier molecular flexibility index (Phi) is 9.54. The summed E-state index contributed by atoms with van der Waals surface area (Å²) in [6, 6.07) is -0.837. The van der Waals surface area contributed by atoms with Crippen molar-refractivity contribution in [3.8, 4) is 0 Å². The average Bonchev–Trinajstić information content (AvgIpc) is 2.62. The third-order valence-electron chi connectivity index (χ3n) is 4.04. The number of unbranched alkanes of at least 4 members (excludes halogenated alkanes) is 2. The number of carbonyl (C=O) groups is 1. The highest BCUT2D eigenvalue weighted by molar-refractivity contribution is 6.18. The van der Waals surface area contributed by atoms with E-state index < -0.39 is 43.3 Å². The number of aliphatic hydroxyl groups excluding tert-OH is 4. The Labute approximate surface area is 150 Å². The van der Waals surface area contributed by atoms with Gasteiger partial charge in [-0.1, -0.05) is 19.8 Å². The van der Waals surface area contributed by atoms with E-state index in [9.17, 15) is 30.1 Å². The van der Waals surface area contributed by atoms with Crippen molar-refractivity contribution in [3.05, 3.63) is 4.91 Å². The van der Waals surface area contributed by atoms with Gasteiger partial charge in [-0.25, -0.2) is 4.79 Å². The van der Waals surface area contributed by atoms with Crippen molar-refractivity contribution in [2.24, 2.45) is 5.29 Å². The van der Waals surface area contributed by atoms with Crippen LogP contribution in [0.15, 0.2) is 5.29 Å². The molecule has 146 valence electrons. The molecule has 2 amide bonds. The highest BCUT2D eigenvalue weighted by atomic mass is 35.5. The second kappa shape index (κ2) is 10.8. The van der Waals surface area contributed by atoms with Gasteiger partial charge in [-0.15, -0.1) is 16.5 Å². The molecule has 0 aromatic heterocycles. The van der Waals surface area contributed by atoms with E-state index in [4.69, 9.17) is 16.3 Å². The molecule has 0 bridgehead atoms. The number of alkyl halides is 1. The first-order valence-corrected chi connectivity index (χ1v) is 8.74. The minimum Gasteiger partial charge on any atom is -0.394 e. The summed E-state index contributed by atoms with van der Waals surface area (Å²) in [6.07, 6.45) is -5.07. The Morgan fingerprint density at radius 3 is 2.36 bits per heavy atom. The molecular formula is C14H26ClN3O7. The number of ether oxygens (including phenoxy) is 1. The second-order valence-electron chi connectivity index (χ2n) is 5.80. The van der Waals surface area contributed by atoms with Crippen LogP contribution in [0.3, 0.4) is 0 Å². The lowest BCUT2D eigenvalue weighted by Gasteiger charge is -2.44. The first-order valence-electron chi connectivity index (χ1n) is 8.20. The van der Waals surface area contributed by atoms with Gasteiger partial charge in [0.1, 0.15) is 24.4 Å². The molecule has 0 spiro atoms. The number of halogens is 1. The maximum atomic E-state index is 12.6. The zero-order valence-corrected chi connectivity index (χ0v) is 14.8. The second-order valence-corrected chi connectivity index (χ2v) is 6.17. The van der Waals surface area contributed by atoms with Gasteiger partial charge in [0.05, 0.1) is 18.4 Å². The van der Waals surface area contributed by atoms with Crippen molar-refractivity contribution in [3.63, 3.8) is 0 Å². The topological polar surface area (TPSA) is 143 Å². The summed E-state index contributed by atoms with van der Waals surface area (Å²) < 4.78 is 5.41. The molecule has 25 heavy (non-hydrogen) atoms. The Morgan fingerprint density at radius 2 is 1.84 bits per heavy atom. The van der Waals surface area contributed by atoms with Crippen LogP contribution in [-0.4, -0.2) is 92.6 Å². The number of hydrogen-bond donors (Lipinski definition) is 4. The van der Waals surface area contributed by atoms with Crippen molar-refractivity contribution >= 4 is 17.6 Å². The van der Waals surface area contributed by atoms with E-state index >= 15 is 0 Å². The summed E-state index contributed by atoms with van der Waals surface area (Å²) in [5.74, 6) is -0.0189. The van der Waals surface area contributed by atoms with Gasteiger partial charge < -0.3 is 25.2 Å². The van der Waals surface area contributed by atoms with E-state index in [0.29, 0.717) is 11.4 Å². The van der Waals surface area contributed by atoms with Crippen LogP contribution >= 0.6 is 11.6 Å². The van der Waals surface area contributed by atoms with Crippen LogP contribution in [0.4, 0.5) is 4.79 Å². The molecule has 1 unspecified atom stereocenters. The molecule has 0 aromatic rings. The number of hydrogen-bond acceptors (Lipinski definition) is 8. The standard InChI is InChI=1S/C14H26ClN3O7/c1-2-3-4-6-17(14(23)18(16-24)7-5-15)13-12(22)11(21)10(20)9(8-19)25-13/h9-13,19-22H,2-8H2,1H3/t9-,10+,11+,12-,13?/m1/s1. The number of aliphatic hydroxyl groups is 4. The fourth-order valence-corrected chi connectivity index (χ4v) is 2.76. The third-order valence-corrected chi connectivity index (χ3v) is 4.21. The van der Waals surface area contributed by atoms with E-state index in [-0.39, 0.29) is 19.0 Å². The molecule has 1 aliphatic rings. The molecule has 5 atom stereocenters. The lowest BCUT2D eigenvalue weighted by Crippen LogP contribution is -2.65. The molecule has 0 radical (unpaired) electrons. The van der Waals surface area contributed by atoms with E-state index in [0.717, 1.165) is 17.7 Å². The first kappa shape index (κ1) is 22.0. The van der Waals surface area contributed by atoms with Crippen molar-refractivity contribution in [1.29, 1.82) is 0 Å². The smallest absolute Gasteiger partial charge is 0.345 e. The lowest BCUT2D eigenvalue weighted by molar-refractivity contribution is -0.258. The molecule has 1 rings (SSSR count). The molecule has 0 aromatic carbocycles. The van der Waals surface area contributed by atoms with Crippen LogP contribution < -0.4 is 0 Å². The summed E-state index contributed by atoms with van der Waals surface area (Å²) in [5.41, 5.74) is 0. The summed E-state index contributed by atoms with van der Waals surface area (Å²) in [5, 5.41) is 42.5. The minimum absolute atomic E-state index is 0.0189. The summed E-state index contributed by atoms with van der Waals surface area (Å²) >= 11 is 5.55. The Hall–Kier alpha value is -1.04. The van der Waals surface area contributed by atoms with Crippen LogP contribution in [0.5, 0.6) is 0 Å². The molecule has 10 nitrogen and oxygen atoms in total. The number of rotatable bonds is 9. The Balaban J connectivity index is 3.03. The van der Waals surface area contributed by atoms with Gasteiger partial charge in [0.25, 0.3) is 0 Å². The molecular weight excluding hydrogens is 358 g/mol. The van der Waals surface area contributed by atoms with Crippen LogP contribution in [-0.2, 0) is 4.74 Å². The van der Waals surface area contributed by atoms with Crippen LogP contribution in [0.2, 0.25) is 0 Å². The number of nitrogens with zero attached hydrogens (tertiary/aromatic N) is 3. The number of amides is 2. The zero-order chi connectivity index (χ0) is 19.0. The first-order chi connectivity index (χ1) is 11.9. The SMILES string of the molecule is CCCCCN(C(=O)N(CCCl)N=O)C1O[C@H](CO)[C@H](O)[C@H](O)[C@H]1O.